The average Bonchev–Trinajstić information content (AvgIpc) is 3.35. The Hall–Kier alpha value is -2.33. The maximum absolute atomic E-state index is 14.8. The molecule has 5 aliphatic carbocycles. The summed E-state index contributed by atoms with van der Waals surface area (Å²) in [6, 6.07) is 7.87. The van der Waals surface area contributed by atoms with E-state index in [0.717, 1.165) is 69.1 Å². The number of aliphatic hydroxyl groups is 8. The highest BCUT2D eigenvalue weighted by atomic mass is 16.8. The summed E-state index contributed by atoms with van der Waals surface area (Å²) in [6.45, 7) is 19.5. The number of methoxy groups -OCH3 is 1. The topological polar surface area (TPSA) is 256 Å². The lowest BCUT2D eigenvalue weighted by molar-refractivity contribution is -0.393. The molecule has 8 aliphatic rings. The van der Waals surface area contributed by atoms with Crippen LogP contribution in [0.4, 0.5) is 0 Å². The van der Waals surface area contributed by atoms with Crippen LogP contribution in [0.5, 0.6) is 5.75 Å². The summed E-state index contributed by atoms with van der Waals surface area (Å²) >= 11 is 0. The van der Waals surface area contributed by atoms with Crippen LogP contribution in [-0.4, -0.2) is 159 Å². The number of benzene rings is 1. The molecule has 0 unspecified atom stereocenters. The standard InChI is InChI=1S/C56H87NO16/c1-28-38(59)40(61)42(63)47(68-28)72-45-34(27-58)70-49(46(44(45)65)73-48-43(64)41(62)39(60)29(2)69-48)71-37-18-19-53(7)35(52(37,5)6)17-20-55(9)36(53)16-15-31-32-25-51(3,4)21-23-56(32,24-22-54(31,55)8)50(66)57-26-30-13-11-12-14-33(30)67-10/h11-15,28-29,32,34-49,58-65H,16-27H2,1-10H3,(H,57,66)/t28-,29-,32-,34+,35-,36+,37-,38-,39-,40+,41+,42+,43+,44-,45+,46+,47-,48-,49-,53-,54+,55+,56-/m0/s1. The second-order valence-corrected chi connectivity index (χ2v) is 25.6. The molecule has 17 heteroatoms. The minimum absolute atomic E-state index is 0.0513. The molecule has 23 atom stereocenters. The molecule has 3 saturated heterocycles. The van der Waals surface area contributed by atoms with Gasteiger partial charge in [-0.1, -0.05) is 78.3 Å². The number of hydrogen-bond donors (Lipinski definition) is 9. The maximum atomic E-state index is 14.8. The lowest BCUT2D eigenvalue weighted by Gasteiger charge is -2.71. The smallest absolute Gasteiger partial charge is 0.227 e. The zero-order valence-corrected chi connectivity index (χ0v) is 44.7. The van der Waals surface area contributed by atoms with Gasteiger partial charge in [-0.05, 0) is 129 Å². The first-order chi connectivity index (χ1) is 34.3. The van der Waals surface area contributed by atoms with Crippen molar-refractivity contribution in [3.8, 4) is 5.75 Å². The van der Waals surface area contributed by atoms with Crippen LogP contribution in [0.1, 0.15) is 132 Å². The quantitative estimate of drug-likeness (QED) is 0.112. The van der Waals surface area contributed by atoms with Gasteiger partial charge in [0.25, 0.3) is 0 Å². The number of nitrogens with one attached hydrogen (secondary N) is 1. The highest BCUT2D eigenvalue weighted by Crippen LogP contribution is 2.76. The van der Waals surface area contributed by atoms with Gasteiger partial charge in [-0.3, -0.25) is 4.79 Å². The summed E-state index contributed by atoms with van der Waals surface area (Å²) in [5.74, 6) is 1.58. The fourth-order valence-corrected chi connectivity index (χ4v) is 16.3. The zero-order valence-electron chi connectivity index (χ0n) is 44.7. The molecule has 0 aromatic heterocycles. The largest absolute Gasteiger partial charge is 0.496 e. The molecule has 9 N–H and O–H groups in total. The molecule has 412 valence electrons. The van der Waals surface area contributed by atoms with Crippen molar-refractivity contribution in [2.75, 3.05) is 13.7 Å². The number of amides is 1. The Bertz CT molecular complexity index is 2180. The van der Waals surface area contributed by atoms with E-state index in [2.05, 4.69) is 59.9 Å². The lowest BCUT2D eigenvalue weighted by atomic mass is 9.33. The number of carbonyl (C=O) groups is 1. The Morgan fingerprint density at radius 1 is 0.685 bits per heavy atom. The van der Waals surface area contributed by atoms with Crippen molar-refractivity contribution in [3.63, 3.8) is 0 Å². The number of rotatable bonds is 11. The van der Waals surface area contributed by atoms with E-state index in [0.29, 0.717) is 18.9 Å². The molecule has 3 heterocycles. The van der Waals surface area contributed by atoms with Gasteiger partial charge in [0.05, 0.1) is 37.4 Å². The SMILES string of the molecule is COc1ccccc1CNC(=O)[C@]12CCC(C)(C)C[C@H]1C1=CC[C@@H]3[C@@]4(C)CC[C@H](O[C@@H]5O[C@H](CO)[C@@H](O[C@@H]6O[C@@H](C)[C@H](O)[C@@H](O)[C@H]6O)[C@H](O)[C@H]5O[C@@H]5O[C@@H](C)[C@H](O)[C@@H](O)[C@H]5O)C(C)(C)[C@@H]4CC[C@@]3(C)[C@]1(C)CC2. The predicted octanol–water partition coefficient (Wildman–Crippen LogP) is 4.00. The van der Waals surface area contributed by atoms with Crippen molar-refractivity contribution in [1.29, 1.82) is 0 Å². The first-order valence-corrected chi connectivity index (χ1v) is 27.2. The van der Waals surface area contributed by atoms with Gasteiger partial charge in [-0.25, -0.2) is 0 Å². The lowest BCUT2D eigenvalue weighted by Crippen LogP contribution is -2.68. The van der Waals surface area contributed by atoms with Crippen molar-refractivity contribution in [2.24, 2.45) is 50.2 Å². The third-order valence-electron chi connectivity index (χ3n) is 21.0. The van der Waals surface area contributed by atoms with Crippen LogP contribution in [0, 0.1) is 50.2 Å². The van der Waals surface area contributed by atoms with Crippen LogP contribution < -0.4 is 10.1 Å². The molecule has 0 bridgehead atoms. The van der Waals surface area contributed by atoms with Gasteiger partial charge < -0.3 is 79.3 Å². The van der Waals surface area contributed by atoms with Crippen LogP contribution in [0.3, 0.4) is 0 Å². The number of hydrogen-bond acceptors (Lipinski definition) is 16. The Morgan fingerprint density at radius 3 is 1.93 bits per heavy atom. The third-order valence-corrected chi connectivity index (χ3v) is 21.0. The molecule has 17 nitrogen and oxygen atoms in total. The second-order valence-electron chi connectivity index (χ2n) is 25.6. The maximum Gasteiger partial charge on any atom is 0.227 e. The summed E-state index contributed by atoms with van der Waals surface area (Å²) in [5, 5.41) is 90.6. The van der Waals surface area contributed by atoms with E-state index >= 15 is 0 Å². The van der Waals surface area contributed by atoms with Crippen LogP contribution in [0.2, 0.25) is 0 Å². The molecular weight excluding hydrogens is 943 g/mol. The molecule has 9 rings (SSSR count). The van der Waals surface area contributed by atoms with Gasteiger partial charge in [0.1, 0.15) is 66.8 Å². The fraction of sp³-hybridized carbons (Fsp3) is 0.839. The number of aliphatic hydroxyl groups excluding tert-OH is 8. The van der Waals surface area contributed by atoms with Crippen molar-refractivity contribution >= 4 is 5.91 Å². The molecule has 1 aromatic rings. The fourth-order valence-electron chi connectivity index (χ4n) is 16.3. The van der Waals surface area contributed by atoms with Crippen LogP contribution in [0.25, 0.3) is 0 Å². The number of ether oxygens (including phenoxy) is 7. The zero-order chi connectivity index (χ0) is 53.0. The van der Waals surface area contributed by atoms with Gasteiger partial charge in [-0.2, -0.15) is 0 Å². The van der Waals surface area contributed by atoms with E-state index < -0.39 is 116 Å². The third kappa shape index (κ3) is 9.16. The van der Waals surface area contributed by atoms with Gasteiger partial charge in [0.2, 0.25) is 5.91 Å². The van der Waals surface area contributed by atoms with Crippen LogP contribution in [0.15, 0.2) is 35.9 Å². The number of allylic oxidation sites excluding steroid dienone is 2. The first kappa shape index (κ1) is 55.4. The van der Waals surface area contributed by atoms with Gasteiger partial charge in [-0.15, -0.1) is 0 Å². The van der Waals surface area contributed by atoms with E-state index in [9.17, 15) is 45.6 Å². The van der Waals surface area contributed by atoms with E-state index in [1.165, 1.54) is 19.4 Å². The Labute approximate surface area is 431 Å². The van der Waals surface area contributed by atoms with Crippen LogP contribution in [-0.2, 0) is 39.8 Å². The summed E-state index contributed by atoms with van der Waals surface area (Å²) in [7, 11) is 1.66. The van der Waals surface area contributed by atoms with E-state index in [1.807, 2.05) is 24.3 Å². The van der Waals surface area contributed by atoms with E-state index in [1.54, 1.807) is 7.11 Å². The monoisotopic (exact) mass is 1030 g/mol. The highest BCUT2D eigenvalue weighted by Gasteiger charge is 2.70. The number of para-hydroxylation sites is 1. The molecule has 3 aliphatic heterocycles. The number of carbonyl (C=O) groups excluding carboxylic acids is 1. The van der Waals surface area contributed by atoms with Gasteiger partial charge >= 0.3 is 0 Å². The molecular formula is C56H87NO16. The molecule has 4 saturated carbocycles. The van der Waals surface area contributed by atoms with Crippen molar-refractivity contribution in [3.05, 3.63) is 41.5 Å². The molecule has 73 heavy (non-hydrogen) atoms. The molecule has 1 amide bonds. The summed E-state index contributed by atoms with van der Waals surface area (Å²) in [6.07, 6.45) is -10.9. The molecule has 0 radical (unpaired) electrons. The Balaban J connectivity index is 0.971. The van der Waals surface area contributed by atoms with E-state index in [4.69, 9.17) is 33.2 Å². The molecule has 0 spiro atoms. The van der Waals surface area contributed by atoms with Crippen molar-refractivity contribution < 1.29 is 78.8 Å². The van der Waals surface area contributed by atoms with Crippen molar-refractivity contribution in [1.82, 2.24) is 5.32 Å². The van der Waals surface area contributed by atoms with Crippen molar-refractivity contribution in [2.45, 2.75) is 231 Å². The Morgan fingerprint density at radius 2 is 1.30 bits per heavy atom. The highest BCUT2D eigenvalue weighted by molar-refractivity contribution is 5.84. The predicted molar refractivity (Wildman–Crippen MR) is 265 cm³/mol. The molecule has 1 aromatic carbocycles. The van der Waals surface area contributed by atoms with Gasteiger partial charge in [0.15, 0.2) is 18.9 Å². The van der Waals surface area contributed by atoms with Crippen LogP contribution >= 0.6 is 0 Å². The second kappa shape index (κ2) is 20.2. The average molecular weight is 1030 g/mol. The summed E-state index contributed by atoms with van der Waals surface area (Å²) in [5.41, 5.74) is 1.31. The first-order valence-electron chi connectivity index (χ1n) is 27.2. The van der Waals surface area contributed by atoms with E-state index in [-0.39, 0.29) is 39.4 Å². The Kier molecular flexibility index (Phi) is 15.3. The summed E-state index contributed by atoms with van der Waals surface area (Å²) < 4.78 is 43.1. The minimum Gasteiger partial charge on any atom is -0.496 e. The molecule has 7 fully saturated rings. The minimum atomic E-state index is -1.74. The number of fused-ring (bicyclic) bond motifs is 7. The van der Waals surface area contributed by atoms with Gasteiger partial charge in [0, 0.05) is 12.1 Å². The summed E-state index contributed by atoms with van der Waals surface area (Å²) in [4.78, 5) is 14.8. The normalized spacial score (nSPS) is 49.2.